The van der Waals surface area contributed by atoms with Crippen molar-refractivity contribution in [2.45, 2.75) is 6.54 Å². The van der Waals surface area contributed by atoms with Crippen molar-refractivity contribution in [3.8, 4) is 34.3 Å². The van der Waals surface area contributed by atoms with Gasteiger partial charge in [0.1, 0.15) is 5.75 Å². The fourth-order valence-electron chi connectivity index (χ4n) is 4.29. The highest BCUT2D eigenvalue weighted by Gasteiger charge is 2.19. The number of aromatic hydroxyl groups is 1. The minimum absolute atomic E-state index is 0.0565. The van der Waals surface area contributed by atoms with Crippen LogP contribution in [0.25, 0.3) is 32.9 Å². The largest absolute Gasteiger partial charge is 0.496 e. The quantitative estimate of drug-likeness (QED) is 0.384. The first-order chi connectivity index (χ1) is 16.5. The molecule has 3 heterocycles. The number of anilines is 1. The number of benzene rings is 2. The first-order valence-electron chi connectivity index (χ1n) is 10.6. The molecule has 0 spiro atoms. The summed E-state index contributed by atoms with van der Waals surface area (Å²) in [6.45, 7) is 0.404. The van der Waals surface area contributed by atoms with Gasteiger partial charge in [-0.25, -0.2) is 4.98 Å². The van der Waals surface area contributed by atoms with E-state index >= 15 is 0 Å². The Morgan fingerprint density at radius 2 is 1.74 bits per heavy atom. The Labute approximate surface area is 196 Å². The molecular formula is C26H24N4O4. The van der Waals surface area contributed by atoms with Crippen LogP contribution in [-0.2, 0) is 6.54 Å². The maximum atomic E-state index is 11.0. The molecular weight excluding hydrogens is 432 g/mol. The fourth-order valence-corrected chi connectivity index (χ4v) is 4.29. The summed E-state index contributed by atoms with van der Waals surface area (Å²) in [5, 5.41) is 12.3. The van der Waals surface area contributed by atoms with E-state index in [1.54, 1.807) is 44.5 Å². The van der Waals surface area contributed by atoms with Crippen molar-refractivity contribution >= 4 is 27.5 Å². The second-order valence-electron chi connectivity index (χ2n) is 7.83. The van der Waals surface area contributed by atoms with Crippen molar-refractivity contribution in [1.82, 2.24) is 14.5 Å². The number of fused-ring (bicyclic) bond motifs is 2. The van der Waals surface area contributed by atoms with E-state index in [9.17, 15) is 5.11 Å². The number of ether oxygens (including phenoxy) is 3. The summed E-state index contributed by atoms with van der Waals surface area (Å²) in [5.74, 6) is 2.01. The Hall–Kier alpha value is -4.46. The molecule has 0 fully saturated rings. The molecule has 172 valence electrons. The summed E-state index contributed by atoms with van der Waals surface area (Å²) >= 11 is 0. The molecule has 3 aromatic heterocycles. The third-order valence-electron chi connectivity index (χ3n) is 5.95. The van der Waals surface area contributed by atoms with Crippen molar-refractivity contribution in [2.75, 3.05) is 27.1 Å². The molecule has 5 rings (SSSR count). The minimum atomic E-state index is 0.0565. The summed E-state index contributed by atoms with van der Waals surface area (Å²) < 4.78 is 18.0. The second-order valence-corrected chi connectivity index (χ2v) is 7.83. The number of pyridine rings is 2. The SMILES string of the molecule is COc1ccc(Cn2cc3nc4c(-c5cnccc5OC)cccc4c(N)c3c2O)cc1OC. The van der Waals surface area contributed by atoms with Crippen LogP contribution in [0.4, 0.5) is 5.69 Å². The monoisotopic (exact) mass is 456 g/mol. The van der Waals surface area contributed by atoms with Crippen LogP contribution in [-0.4, -0.2) is 41.0 Å². The zero-order valence-electron chi connectivity index (χ0n) is 19.1. The van der Waals surface area contributed by atoms with Crippen LogP contribution in [0.1, 0.15) is 5.56 Å². The number of hydrogen-bond donors (Lipinski definition) is 2. The lowest BCUT2D eigenvalue weighted by Gasteiger charge is -2.12. The van der Waals surface area contributed by atoms with Crippen LogP contribution < -0.4 is 19.9 Å². The van der Waals surface area contributed by atoms with E-state index in [0.29, 0.717) is 45.9 Å². The topological polar surface area (TPSA) is 105 Å². The smallest absolute Gasteiger partial charge is 0.203 e. The van der Waals surface area contributed by atoms with Crippen LogP contribution >= 0.6 is 0 Å². The van der Waals surface area contributed by atoms with Gasteiger partial charge in [0.05, 0.1) is 50.0 Å². The van der Waals surface area contributed by atoms with E-state index in [-0.39, 0.29) is 5.88 Å². The van der Waals surface area contributed by atoms with Gasteiger partial charge >= 0.3 is 0 Å². The van der Waals surface area contributed by atoms with Crippen molar-refractivity contribution in [3.63, 3.8) is 0 Å². The number of nitrogens with two attached hydrogens (primary N) is 1. The van der Waals surface area contributed by atoms with Crippen LogP contribution in [0.5, 0.6) is 23.1 Å². The van der Waals surface area contributed by atoms with E-state index in [1.165, 1.54) is 0 Å². The van der Waals surface area contributed by atoms with Crippen LogP contribution in [0.2, 0.25) is 0 Å². The number of para-hydroxylation sites is 1. The zero-order chi connectivity index (χ0) is 23.8. The molecule has 0 aliphatic heterocycles. The highest BCUT2D eigenvalue weighted by Crippen LogP contribution is 2.40. The average molecular weight is 457 g/mol. The standard InChI is InChI=1S/C26H24N4O4/c1-32-20-9-10-28-12-18(20)16-5-4-6-17-24(27)23-19(29-25(16)17)14-30(26(23)31)13-15-7-8-21(33-2)22(11-15)34-3/h4-12,14,31H,13,27H2,1-3H3. The Morgan fingerprint density at radius 1 is 0.941 bits per heavy atom. The van der Waals surface area contributed by atoms with Gasteiger partial charge in [-0.15, -0.1) is 0 Å². The number of methoxy groups -OCH3 is 3. The number of rotatable bonds is 6. The molecule has 0 saturated heterocycles. The Bertz CT molecular complexity index is 1530. The molecule has 3 N–H and O–H groups in total. The predicted octanol–water partition coefficient (Wildman–Crippen LogP) is 4.61. The Balaban J connectivity index is 1.66. The minimum Gasteiger partial charge on any atom is -0.496 e. The van der Waals surface area contributed by atoms with Gasteiger partial charge in [-0.1, -0.05) is 24.3 Å². The summed E-state index contributed by atoms with van der Waals surface area (Å²) in [5.41, 5.74) is 10.9. The van der Waals surface area contributed by atoms with E-state index in [2.05, 4.69) is 4.98 Å². The van der Waals surface area contributed by atoms with Crippen LogP contribution in [0.15, 0.2) is 61.1 Å². The lowest BCUT2D eigenvalue weighted by molar-refractivity contribution is 0.354. The van der Waals surface area contributed by atoms with E-state index in [1.807, 2.05) is 42.5 Å². The van der Waals surface area contributed by atoms with Gasteiger partial charge < -0.3 is 29.6 Å². The number of hydrogen-bond acceptors (Lipinski definition) is 7. The Kier molecular flexibility index (Phi) is 5.33. The molecule has 0 atom stereocenters. The Morgan fingerprint density at radius 3 is 2.50 bits per heavy atom. The first-order valence-corrected chi connectivity index (χ1v) is 10.6. The second kappa shape index (κ2) is 8.47. The molecule has 34 heavy (non-hydrogen) atoms. The zero-order valence-corrected chi connectivity index (χ0v) is 19.1. The highest BCUT2D eigenvalue weighted by atomic mass is 16.5. The molecule has 0 radical (unpaired) electrons. The van der Waals surface area contributed by atoms with Crippen LogP contribution in [0, 0.1) is 0 Å². The molecule has 0 unspecified atom stereocenters. The maximum absolute atomic E-state index is 11.0. The van der Waals surface area contributed by atoms with Gasteiger partial charge in [0.15, 0.2) is 11.5 Å². The van der Waals surface area contributed by atoms with Crippen molar-refractivity contribution < 1.29 is 19.3 Å². The molecule has 8 nitrogen and oxygen atoms in total. The number of nitrogens with zero attached hydrogens (tertiary/aromatic N) is 3. The molecule has 5 aromatic rings. The van der Waals surface area contributed by atoms with Gasteiger partial charge in [0.25, 0.3) is 0 Å². The van der Waals surface area contributed by atoms with Gasteiger partial charge in [-0.05, 0) is 23.8 Å². The third kappa shape index (κ3) is 3.40. The third-order valence-corrected chi connectivity index (χ3v) is 5.95. The average Bonchev–Trinajstić information content (AvgIpc) is 3.18. The van der Waals surface area contributed by atoms with Gasteiger partial charge in [-0.2, -0.15) is 0 Å². The molecule has 8 heteroatoms. The number of nitrogen functional groups attached to an aromatic ring is 1. The normalized spacial score (nSPS) is 11.1. The van der Waals surface area contributed by atoms with Gasteiger partial charge in [0.2, 0.25) is 5.88 Å². The van der Waals surface area contributed by atoms with Gasteiger partial charge in [-0.3, -0.25) is 4.98 Å². The molecule has 0 saturated carbocycles. The lowest BCUT2D eigenvalue weighted by atomic mass is 10.0. The molecule has 0 aliphatic carbocycles. The summed E-state index contributed by atoms with van der Waals surface area (Å²) in [6, 6.07) is 13.2. The molecule has 0 aliphatic rings. The molecule has 0 bridgehead atoms. The van der Waals surface area contributed by atoms with Gasteiger partial charge in [0, 0.05) is 35.1 Å². The lowest BCUT2D eigenvalue weighted by Crippen LogP contribution is -1.99. The maximum Gasteiger partial charge on any atom is 0.203 e. The van der Waals surface area contributed by atoms with E-state index in [4.69, 9.17) is 24.9 Å². The molecule has 0 amide bonds. The molecule has 2 aromatic carbocycles. The summed E-state index contributed by atoms with van der Waals surface area (Å²) in [7, 11) is 4.81. The predicted molar refractivity (Wildman–Crippen MR) is 132 cm³/mol. The van der Waals surface area contributed by atoms with E-state index < -0.39 is 0 Å². The summed E-state index contributed by atoms with van der Waals surface area (Å²) in [4.78, 5) is 9.14. The van der Waals surface area contributed by atoms with Crippen molar-refractivity contribution in [2.24, 2.45) is 0 Å². The van der Waals surface area contributed by atoms with Crippen LogP contribution in [0.3, 0.4) is 0 Å². The number of aromatic nitrogens is 3. The highest BCUT2D eigenvalue weighted by molar-refractivity contribution is 6.12. The summed E-state index contributed by atoms with van der Waals surface area (Å²) in [6.07, 6.45) is 5.23. The fraction of sp³-hybridized carbons (Fsp3) is 0.154. The first kappa shape index (κ1) is 21.4. The van der Waals surface area contributed by atoms with Crippen molar-refractivity contribution in [3.05, 3.63) is 66.6 Å². The van der Waals surface area contributed by atoms with Crippen molar-refractivity contribution in [1.29, 1.82) is 0 Å². The van der Waals surface area contributed by atoms with E-state index in [0.717, 1.165) is 22.1 Å².